The van der Waals surface area contributed by atoms with E-state index in [0.29, 0.717) is 17.9 Å². The van der Waals surface area contributed by atoms with Crippen molar-refractivity contribution in [3.63, 3.8) is 0 Å². The van der Waals surface area contributed by atoms with Crippen LogP contribution in [-0.4, -0.2) is 28.6 Å². The van der Waals surface area contributed by atoms with E-state index in [1.54, 1.807) is 18.2 Å². The largest absolute Gasteiger partial charge is 0.508 e. The molecule has 3 N–H and O–H groups in total. The van der Waals surface area contributed by atoms with E-state index < -0.39 is 0 Å². The molecule has 0 saturated heterocycles. The average molecular weight is 489 g/mol. The Hall–Kier alpha value is -4.69. The minimum Gasteiger partial charge on any atom is -0.508 e. The van der Waals surface area contributed by atoms with Gasteiger partial charge in [0.1, 0.15) is 11.5 Å². The molecule has 37 heavy (non-hydrogen) atoms. The van der Waals surface area contributed by atoms with Crippen LogP contribution in [0.1, 0.15) is 40.9 Å². The summed E-state index contributed by atoms with van der Waals surface area (Å²) in [6, 6.07) is 24.7. The molecule has 5 rings (SSSR count). The first-order valence-electron chi connectivity index (χ1n) is 12.3. The number of fused-ring (bicyclic) bond motifs is 2. The van der Waals surface area contributed by atoms with Gasteiger partial charge < -0.3 is 20.1 Å². The maximum absolute atomic E-state index is 13.2. The fourth-order valence-corrected chi connectivity index (χ4v) is 4.34. The van der Waals surface area contributed by atoms with Crippen LogP contribution in [0.25, 0.3) is 21.7 Å². The minimum atomic E-state index is -0.190. The second kappa shape index (κ2) is 10.5. The number of rotatable bonds is 6. The molecule has 0 aliphatic rings. The van der Waals surface area contributed by atoms with Crippen molar-refractivity contribution < 1.29 is 14.6 Å². The van der Waals surface area contributed by atoms with E-state index in [2.05, 4.69) is 28.2 Å². The Morgan fingerprint density at radius 2 is 1.68 bits per heavy atom. The molecule has 5 nitrogen and oxygen atoms in total. The highest BCUT2D eigenvalue weighted by atomic mass is 16.5. The van der Waals surface area contributed by atoms with Gasteiger partial charge in [-0.3, -0.25) is 4.79 Å². The summed E-state index contributed by atoms with van der Waals surface area (Å²) in [4.78, 5) is 16.4. The number of phenols is 1. The van der Waals surface area contributed by atoms with Gasteiger partial charge in [0.2, 0.25) is 0 Å². The lowest BCUT2D eigenvalue weighted by molar-refractivity contribution is 0.0948. The summed E-state index contributed by atoms with van der Waals surface area (Å²) in [7, 11) is 0. The third-order valence-corrected chi connectivity index (χ3v) is 6.12. The summed E-state index contributed by atoms with van der Waals surface area (Å²) < 4.78 is 5.92. The molecular formula is C32H28N2O3. The summed E-state index contributed by atoms with van der Waals surface area (Å²) in [6.45, 7) is 4.38. The number of aromatic nitrogens is 1. The number of H-pyrrole nitrogens is 1. The van der Waals surface area contributed by atoms with Crippen LogP contribution in [0.4, 0.5) is 0 Å². The van der Waals surface area contributed by atoms with Crippen LogP contribution in [0.5, 0.6) is 11.5 Å². The van der Waals surface area contributed by atoms with E-state index in [1.807, 2.05) is 74.6 Å². The number of carbonyl (C=O) groups excluding carboxylic acids is 1. The van der Waals surface area contributed by atoms with Gasteiger partial charge in [0.05, 0.1) is 11.7 Å². The first kappa shape index (κ1) is 24.0. The van der Waals surface area contributed by atoms with Gasteiger partial charge in [0, 0.05) is 34.8 Å². The van der Waals surface area contributed by atoms with Crippen molar-refractivity contribution in [2.45, 2.75) is 26.4 Å². The van der Waals surface area contributed by atoms with Gasteiger partial charge in [0.25, 0.3) is 5.91 Å². The maximum atomic E-state index is 13.2. The van der Waals surface area contributed by atoms with Crippen molar-refractivity contribution >= 4 is 27.6 Å². The van der Waals surface area contributed by atoms with E-state index in [-0.39, 0.29) is 17.8 Å². The number of para-hydroxylation sites is 1. The first-order chi connectivity index (χ1) is 18.0. The van der Waals surface area contributed by atoms with E-state index in [4.69, 9.17) is 4.74 Å². The van der Waals surface area contributed by atoms with Crippen molar-refractivity contribution in [2.75, 3.05) is 6.54 Å². The molecule has 0 bridgehead atoms. The zero-order valence-electron chi connectivity index (χ0n) is 20.8. The first-order valence-corrected chi connectivity index (χ1v) is 12.3. The molecule has 0 aliphatic heterocycles. The Morgan fingerprint density at radius 1 is 0.946 bits per heavy atom. The Kier molecular flexibility index (Phi) is 6.83. The van der Waals surface area contributed by atoms with Crippen LogP contribution in [0.2, 0.25) is 0 Å². The smallest absolute Gasteiger partial charge is 0.255 e. The molecule has 5 heteroatoms. The Balaban J connectivity index is 1.34. The van der Waals surface area contributed by atoms with Crippen LogP contribution >= 0.6 is 0 Å². The number of phenolic OH excluding ortho intramolecular Hbond substituents is 1. The zero-order chi connectivity index (χ0) is 25.8. The van der Waals surface area contributed by atoms with Gasteiger partial charge in [-0.1, -0.05) is 42.2 Å². The molecule has 0 fully saturated rings. The van der Waals surface area contributed by atoms with Crippen molar-refractivity contribution in [2.24, 2.45) is 0 Å². The molecule has 1 aromatic heterocycles. The van der Waals surface area contributed by atoms with E-state index in [9.17, 15) is 9.90 Å². The predicted molar refractivity (Wildman–Crippen MR) is 148 cm³/mol. The number of ether oxygens (including phenoxy) is 1. The SMILES string of the molecule is CC(C)Oc1ccc(C#Cc2ccc3cc(O)ccc3c2)cc1C(=O)NCCc1c[nH]c2ccccc12. The molecule has 5 aromatic rings. The lowest BCUT2D eigenvalue weighted by Gasteiger charge is -2.14. The number of hydrogen-bond acceptors (Lipinski definition) is 3. The zero-order valence-corrected chi connectivity index (χ0v) is 20.8. The normalized spacial score (nSPS) is 10.9. The second-order valence-electron chi connectivity index (χ2n) is 9.24. The molecule has 4 aromatic carbocycles. The molecule has 0 atom stereocenters. The van der Waals surface area contributed by atoms with Gasteiger partial charge in [-0.05, 0) is 85.1 Å². The van der Waals surface area contributed by atoms with Crippen LogP contribution in [0.3, 0.4) is 0 Å². The predicted octanol–water partition coefficient (Wildman–Crippen LogP) is 6.19. The van der Waals surface area contributed by atoms with Crippen LogP contribution in [0, 0.1) is 11.8 Å². The van der Waals surface area contributed by atoms with Gasteiger partial charge >= 0.3 is 0 Å². The Labute approximate surface area is 216 Å². The number of aromatic amines is 1. The molecule has 0 unspecified atom stereocenters. The highest BCUT2D eigenvalue weighted by Gasteiger charge is 2.15. The number of benzene rings is 4. The lowest BCUT2D eigenvalue weighted by Crippen LogP contribution is -2.26. The Bertz CT molecular complexity index is 1650. The number of hydrogen-bond donors (Lipinski definition) is 3. The van der Waals surface area contributed by atoms with Gasteiger partial charge in [-0.2, -0.15) is 0 Å². The molecule has 0 saturated carbocycles. The Morgan fingerprint density at radius 3 is 2.51 bits per heavy atom. The van der Waals surface area contributed by atoms with Crippen molar-refractivity contribution in [3.05, 3.63) is 107 Å². The van der Waals surface area contributed by atoms with Gasteiger partial charge in [0.15, 0.2) is 0 Å². The third kappa shape index (κ3) is 5.60. The number of amides is 1. The fourth-order valence-electron chi connectivity index (χ4n) is 4.34. The summed E-state index contributed by atoms with van der Waals surface area (Å²) in [5.41, 5.74) is 4.30. The van der Waals surface area contributed by atoms with Gasteiger partial charge in [-0.25, -0.2) is 0 Å². The van der Waals surface area contributed by atoms with Crippen molar-refractivity contribution in [3.8, 4) is 23.3 Å². The maximum Gasteiger partial charge on any atom is 0.255 e. The minimum absolute atomic E-state index is 0.0632. The topological polar surface area (TPSA) is 74.3 Å². The number of carbonyl (C=O) groups is 1. The third-order valence-electron chi connectivity index (χ3n) is 6.12. The molecular weight excluding hydrogens is 460 g/mol. The fraction of sp³-hybridized carbons (Fsp3) is 0.156. The highest BCUT2D eigenvalue weighted by Crippen LogP contribution is 2.23. The quantitative estimate of drug-likeness (QED) is 0.250. The van der Waals surface area contributed by atoms with Crippen molar-refractivity contribution in [1.29, 1.82) is 0 Å². The molecule has 0 spiro atoms. The van der Waals surface area contributed by atoms with Gasteiger partial charge in [-0.15, -0.1) is 0 Å². The van der Waals surface area contributed by atoms with E-state index in [1.165, 1.54) is 10.9 Å². The van der Waals surface area contributed by atoms with Crippen molar-refractivity contribution in [1.82, 2.24) is 10.3 Å². The second-order valence-corrected chi connectivity index (χ2v) is 9.24. The summed E-state index contributed by atoms with van der Waals surface area (Å²) in [5, 5.41) is 15.8. The molecule has 1 amide bonds. The van der Waals surface area contributed by atoms with Crippen LogP contribution < -0.4 is 10.1 Å². The van der Waals surface area contributed by atoms with E-state index >= 15 is 0 Å². The lowest BCUT2D eigenvalue weighted by atomic mass is 10.1. The standard InChI is InChI=1S/C32H28N2O3/c1-21(2)37-31-14-10-23(8-7-22-9-11-25-19-27(35)13-12-24(25)17-22)18-29(31)32(36)33-16-15-26-20-34-30-6-4-3-5-28(26)30/h3-6,9-14,17-21,34-35H,15-16H2,1-2H3,(H,33,36). The van der Waals surface area contributed by atoms with Crippen LogP contribution in [-0.2, 0) is 6.42 Å². The molecule has 0 aliphatic carbocycles. The van der Waals surface area contributed by atoms with E-state index in [0.717, 1.165) is 33.8 Å². The molecule has 1 heterocycles. The summed E-state index contributed by atoms with van der Waals surface area (Å²) in [6.07, 6.45) is 2.65. The summed E-state index contributed by atoms with van der Waals surface area (Å²) >= 11 is 0. The summed E-state index contributed by atoms with van der Waals surface area (Å²) in [5.74, 6) is 6.94. The average Bonchev–Trinajstić information content (AvgIpc) is 3.30. The molecule has 184 valence electrons. The highest BCUT2D eigenvalue weighted by molar-refractivity contribution is 5.97. The molecule has 0 radical (unpaired) electrons. The number of nitrogens with one attached hydrogen (secondary N) is 2. The van der Waals surface area contributed by atoms with Crippen LogP contribution in [0.15, 0.2) is 85.1 Å². The number of aromatic hydroxyl groups is 1. The monoisotopic (exact) mass is 488 g/mol.